The molecule has 1 atom stereocenters. The molecule has 0 aromatic heterocycles. The highest BCUT2D eigenvalue weighted by atomic mass is 19.4. The molecule has 6 heteroatoms. The monoisotopic (exact) mass is 276 g/mol. The normalized spacial score (nSPS) is 15.7. The number of halogens is 3. The standard InChI is InChI=1S/C13H15F3O3/c14-13(15,16)11-3-1-10(2-4-11)5-6-12(19,9-18)7-8-17/h1-6,17-19H,7-9H2/b6-5+/t12-/m0/s1. The molecule has 0 spiro atoms. The van der Waals surface area contributed by atoms with Gasteiger partial charge in [-0.05, 0) is 17.7 Å². The van der Waals surface area contributed by atoms with Crippen molar-refractivity contribution < 1.29 is 28.5 Å². The number of hydrogen-bond donors (Lipinski definition) is 3. The Kier molecular flexibility index (Phi) is 5.11. The van der Waals surface area contributed by atoms with Crippen molar-refractivity contribution in [2.24, 2.45) is 0 Å². The van der Waals surface area contributed by atoms with Gasteiger partial charge in [-0.3, -0.25) is 0 Å². The molecule has 0 unspecified atom stereocenters. The molecule has 0 bridgehead atoms. The molecule has 1 aromatic rings. The van der Waals surface area contributed by atoms with Crippen LogP contribution in [-0.2, 0) is 6.18 Å². The molecule has 0 heterocycles. The zero-order valence-corrected chi connectivity index (χ0v) is 10.1. The number of rotatable bonds is 5. The van der Waals surface area contributed by atoms with Crippen LogP contribution in [0, 0.1) is 0 Å². The lowest BCUT2D eigenvalue weighted by atomic mass is 9.99. The molecule has 0 fully saturated rings. The zero-order chi connectivity index (χ0) is 14.5. The van der Waals surface area contributed by atoms with E-state index < -0.39 is 23.9 Å². The van der Waals surface area contributed by atoms with Gasteiger partial charge in [0.2, 0.25) is 0 Å². The van der Waals surface area contributed by atoms with E-state index in [-0.39, 0.29) is 13.0 Å². The Morgan fingerprint density at radius 3 is 2.05 bits per heavy atom. The van der Waals surface area contributed by atoms with Gasteiger partial charge >= 0.3 is 6.18 Å². The topological polar surface area (TPSA) is 60.7 Å². The minimum Gasteiger partial charge on any atom is -0.396 e. The van der Waals surface area contributed by atoms with Crippen molar-refractivity contribution in [2.75, 3.05) is 13.2 Å². The molecule has 1 aromatic carbocycles. The molecule has 0 aliphatic carbocycles. The van der Waals surface area contributed by atoms with Gasteiger partial charge in [0.25, 0.3) is 0 Å². The first-order chi connectivity index (χ1) is 8.80. The molecule has 0 aliphatic rings. The van der Waals surface area contributed by atoms with Gasteiger partial charge in [-0.2, -0.15) is 13.2 Å². The van der Waals surface area contributed by atoms with Gasteiger partial charge in [0.1, 0.15) is 5.60 Å². The van der Waals surface area contributed by atoms with Crippen molar-refractivity contribution in [3.63, 3.8) is 0 Å². The SMILES string of the molecule is OCC[C@@](O)(/C=C/c1ccc(C(F)(F)F)cc1)CO. The summed E-state index contributed by atoms with van der Waals surface area (Å²) in [4.78, 5) is 0. The van der Waals surface area contributed by atoms with Crippen LogP contribution < -0.4 is 0 Å². The van der Waals surface area contributed by atoms with Crippen LogP contribution in [0.4, 0.5) is 13.2 Å². The second kappa shape index (κ2) is 6.18. The maximum Gasteiger partial charge on any atom is 0.416 e. The lowest BCUT2D eigenvalue weighted by molar-refractivity contribution is -0.137. The highest BCUT2D eigenvalue weighted by Gasteiger charge is 2.29. The maximum atomic E-state index is 12.3. The van der Waals surface area contributed by atoms with E-state index in [9.17, 15) is 18.3 Å². The lowest BCUT2D eigenvalue weighted by Crippen LogP contribution is -2.31. The van der Waals surface area contributed by atoms with Crippen LogP contribution in [0.3, 0.4) is 0 Å². The highest BCUT2D eigenvalue weighted by molar-refractivity contribution is 5.51. The zero-order valence-electron chi connectivity index (χ0n) is 10.1. The third kappa shape index (κ3) is 4.66. The van der Waals surface area contributed by atoms with Crippen molar-refractivity contribution in [1.82, 2.24) is 0 Å². The quantitative estimate of drug-likeness (QED) is 0.769. The average Bonchev–Trinajstić information content (AvgIpc) is 2.36. The first-order valence-electron chi connectivity index (χ1n) is 5.61. The largest absolute Gasteiger partial charge is 0.416 e. The second-order valence-corrected chi connectivity index (χ2v) is 4.19. The fourth-order valence-corrected chi connectivity index (χ4v) is 1.44. The Hall–Kier alpha value is -1.37. The van der Waals surface area contributed by atoms with E-state index in [0.29, 0.717) is 5.56 Å². The van der Waals surface area contributed by atoms with Crippen LogP contribution in [-0.4, -0.2) is 34.1 Å². The third-order valence-corrected chi connectivity index (χ3v) is 2.64. The second-order valence-electron chi connectivity index (χ2n) is 4.19. The van der Waals surface area contributed by atoms with Crippen LogP contribution in [0.15, 0.2) is 30.3 Å². The van der Waals surface area contributed by atoms with Gasteiger partial charge < -0.3 is 15.3 Å². The molecule has 3 N–H and O–H groups in total. The summed E-state index contributed by atoms with van der Waals surface area (Å²) in [5.41, 5.74) is -1.87. The summed E-state index contributed by atoms with van der Waals surface area (Å²) in [6.07, 6.45) is -1.79. The summed E-state index contributed by atoms with van der Waals surface area (Å²) in [7, 11) is 0. The summed E-state index contributed by atoms with van der Waals surface area (Å²) in [6.45, 7) is -0.890. The predicted molar refractivity (Wildman–Crippen MR) is 64.2 cm³/mol. The minimum atomic E-state index is -4.38. The fourth-order valence-electron chi connectivity index (χ4n) is 1.44. The molecule has 106 valence electrons. The van der Waals surface area contributed by atoms with E-state index in [1.54, 1.807) is 0 Å². The Labute approximate surface area is 108 Å². The van der Waals surface area contributed by atoms with Crippen LogP contribution in [0.25, 0.3) is 6.08 Å². The molecule has 0 saturated carbocycles. The summed E-state index contributed by atoms with van der Waals surface area (Å²) < 4.78 is 37.0. The van der Waals surface area contributed by atoms with Crippen LogP contribution in [0.1, 0.15) is 17.5 Å². The summed E-state index contributed by atoms with van der Waals surface area (Å²) in [6, 6.07) is 4.39. The molecule has 19 heavy (non-hydrogen) atoms. The third-order valence-electron chi connectivity index (χ3n) is 2.64. The Balaban J connectivity index is 2.83. The Bertz CT molecular complexity index is 426. The smallest absolute Gasteiger partial charge is 0.396 e. The predicted octanol–water partition coefficient (Wildman–Crippen LogP) is 1.82. The number of aliphatic hydroxyl groups is 3. The van der Waals surface area contributed by atoms with E-state index >= 15 is 0 Å². The van der Waals surface area contributed by atoms with E-state index in [4.69, 9.17) is 10.2 Å². The van der Waals surface area contributed by atoms with Gasteiger partial charge in [0.05, 0.1) is 12.2 Å². The molecular formula is C13H15F3O3. The number of benzene rings is 1. The molecule has 1 rings (SSSR count). The van der Waals surface area contributed by atoms with E-state index in [1.165, 1.54) is 24.3 Å². The maximum absolute atomic E-state index is 12.3. The van der Waals surface area contributed by atoms with Crippen LogP contribution in [0.2, 0.25) is 0 Å². The molecule has 0 amide bonds. The van der Waals surface area contributed by atoms with Crippen molar-refractivity contribution in [2.45, 2.75) is 18.2 Å². The van der Waals surface area contributed by atoms with E-state index in [0.717, 1.165) is 12.1 Å². The van der Waals surface area contributed by atoms with Crippen molar-refractivity contribution in [3.05, 3.63) is 41.5 Å². The Morgan fingerprint density at radius 1 is 1.05 bits per heavy atom. The molecule has 3 nitrogen and oxygen atoms in total. The van der Waals surface area contributed by atoms with Crippen LogP contribution >= 0.6 is 0 Å². The van der Waals surface area contributed by atoms with E-state index in [1.807, 2.05) is 0 Å². The van der Waals surface area contributed by atoms with Crippen molar-refractivity contribution in [1.29, 1.82) is 0 Å². The van der Waals surface area contributed by atoms with Gasteiger partial charge in [0, 0.05) is 13.0 Å². The molecule has 0 aliphatic heterocycles. The van der Waals surface area contributed by atoms with E-state index in [2.05, 4.69) is 0 Å². The summed E-state index contributed by atoms with van der Waals surface area (Å²) in [5.74, 6) is 0. The number of aliphatic hydroxyl groups excluding tert-OH is 2. The summed E-state index contributed by atoms with van der Waals surface area (Å²) >= 11 is 0. The van der Waals surface area contributed by atoms with Gasteiger partial charge in [-0.15, -0.1) is 0 Å². The van der Waals surface area contributed by atoms with Crippen LogP contribution in [0.5, 0.6) is 0 Å². The average molecular weight is 276 g/mol. The van der Waals surface area contributed by atoms with Crippen molar-refractivity contribution >= 4 is 6.08 Å². The van der Waals surface area contributed by atoms with Crippen molar-refractivity contribution in [3.8, 4) is 0 Å². The minimum absolute atomic E-state index is 0.0549. The summed E-state index contributed by atoms with van der Waals surface area (Å²) in [5, 5.41) is 27.5. The van der Waals surface area contributed by atoms with Gasteiger partial charge in [-0.1, -0.05) is 24.3 Å². The molecular weight excluding hydrogens is 261 g/mol. The molecule has 0 radical (unpaired) electrons. The fraction of sp³-hybridized carbons (Fsp3) is 0.385. The lowest BCUT2D eigenvalue weighted by Gasteiger charge is -2.20. The number of alkyl halides is 3. The van der Waals surface area contributed by atoms with Gasteiger partial charge in [-0.25, -0.2) is 0 Å². The molecule has 0 saturated heterocycles. The highest BCUT2D eigenvalue weighted by Crippen LogP contribution is 2.29. The first-order valence-corrected chi connectivity index (χ1v) is 5.61. The first kappa shape index (κ1) is 15.7. The van der Waals surface area contributed by atoms with Gasteiger partial charge in [0.15, 0.2) is 0 Å². The Morgan fingerprint density at radius 2 is 1.63 bits per heavy atom. The number of hydrogen-bond acceptors (Lipinski definition) is 3.